The van der Waals surface area contributed by atoms with Gasteiger partial charge < -0.3 is 4.90 Å². The van der Waals surface area contributed by atoms with E-state index in [1.165, 1.54) is 12.3 Å². The molecular formula is C16H16ClFN4. The Morgan fingerprint density at radius 2 is 1.91 bits per heavy atom. The van der Waals surface area contributed by atoms with Crippen molar-refractivity contribution in [3.8, 4) is 0 Å². The molecular weight excluding hydrogens is 303 g/mol. The molecule has 0 amide bonds. The minimum Gasteiger partial charge on any atom is -0.353 e. The zero-order valence-corrected chi connectivity index (χ0v) is 12.7. The number of anilines is 1. The van der Waals surface area contributed by atoms with Crippen LogP contribution in [0.15, 0.2) is 47.7 Å². The van der Waals surface area contributed by atoms with Crippen LogP contribution in [0.4, 0.5) is 10.2 Å². The topological polar surface area (TPSA) is 31.7 Å². The molecule has 1 aliphatic rings. The minimum absolute atomic E-state index is 0.330. The number of hydrogen-bond acceptors (Lipinski definition) is 4. The number of benzene rings is 1. The first-order chi connectivity index (χ1) is 10.7. The predicted molar refractivity (Wildman–Crippen MR) is 87.0 cm³/mol. The van der Waals surface area contributed by atoms with Crippen molar-refractivity contribution in [2.24, 2.45) is 5.10 Å². The summed E-state index contributed by atoms with van der Waals surface area (Å²) in [5.74, 6) is 0.617. The van der Waals surface area contributed by atoms with Gasteiger partial charge in [0, 0.05) is 24.8 Å². The lowest BCUT2D eigenvalue weighted by atomic mass is 10.2. The van der Waals surface area contributed by atoms with Crippen LogP contribution in [0.1, 0.15) is 5.56 Å². The fourth-order valence-electron chi connectivity index (χ4n) is 2.35. The summed E-state index contributed by atoms with van der Waals surface area (Å²) < 4.78 is 13.7. The van der Waals surface area contributed by atoms with Gasteiger partial charge in [0.05, 0.1) is 24.3 Å². The zero-order valence-electron chi connectivity index (χ0n) is 12.0. The average molecular weight is 319 g/mol. The minimum atomic E-state index is -0.358. The van der Waals surface area contributed by atoms with E-state index in [1.54, 1.807) is 18.3 Å². The molecule has 0 spiro atoms. The van der Waals surface area contributed by atoms with Crippen LogP contribution in [0.5, 0.6) is 0 Å². The largest absolute Gasteiger partial charge is 0.353 e. The molecule has 1 aromatic carbocycles. The van der Waals surface area contributed by atoms with Crippen molar-refractivity contribution < 1.29 is 4.39 Å². The van der Waals surface area contributed by atoms with Crippen LogP contribution in [0.2, 0.25) is 5.02 Å². The highest BCUT2D eigenvalue weighted by Gasteiger charge is 2.16. The van der Waals surface area contributed by atoms with Gasteiger partial charge in [-0.2, -0.15) is 5.10 Å². The molecule has 1 saturated heterocycles. The van der Waals surface area contributed by atoms with E-state index in [9.17, 15) is 4.39 Å². The van der Waals surface area contributed by atoms with E-state index in [0.717, 1.165) is 32.0 Å². The monoisotopic (exact) mass is 318 g/mol. The summed E-state index contributed by atoms with van der Waals surface area (Å²) in [5.41, 5.74) is 0.330. The molecule has 0 unspecified atom stereocenters. The van der Waals surface area contributed by atoms with Crippen molar-refractivity contribution in [3.05, 3.63) is 59.0 Å². The van der Waals surface area contributed by atoms with Gasteiger partial charge in [0.2, 0.25) is 0 Å². The van der Waals surface area contributed by atoms with Gasteiger partial charge >= 0.3 is 0 Å². The van der Waals surface area contributed by atoms with Gasteiger partial charge in [-0.05, 0) is 24.3 Å². The van der Waals surface area contributed by atoms with E-state index in [-0.39, 0.29) is 5.82 Å². The molecule has 1 aromatic heterocycles. The Bertz CT molecular complexity index is 634. The fraction of sp³-hybridized carbons (Fsp3) is 0.250. The van der Waals surface area contributed by atoms with Crippen molar-refractivity contribution in [2.75, 3.05) is 31.1 Å². The summed E-state index contributed by atoms with van der Waals surface area (Å²) in [4.78, 5) is 6.56. The first-order valence-corrected chi connectivity index (χ1v) is 7.51. The maximum Gasteiger partial charge on any atom is 0.133 e. The summed E-state index contributed by atoms with van der Waals surface area (Å²) in [6.45, 7) is 3.19. The summed E-state index contributed by atoms with van der Waals surface area (Å²) >= 11 is 5.98. The molecule has 6 heteroatoms. The second kappa shape index (κ2) is 6.75. The van der Waals surface area contributed by atoms with Crippen molar-refractivity contribution in [1.29, 1.82) is 0 Å². The molecule has 1 aliphatic heterocycles. The Balaban J connectivity index is 1.61. The molecule has 22 heavy (non-hydrogen) atoms. The van der Waals surface area contributed by atoms with E-state index in [4.69, 9.17) is 11.6 Å². The molecule has 0 saturated carbocycles. The number of hydrogen-bond donors (Lipinski definition) is 0. The average Bonchev–Trinajstić information content (AvgIpc) is 2.56. The van der Waals surface area contributed by atoms with Crippen LogP contribution in [0.25, 0.3) is 0 Å². The highest BCUT2D eigenvalue weighted by Crippen LogP contribution is 2.17. The van der Waals surface area contributed by atoms with E-state index in [0.29, 0.717) is 10.6 Å². The van der Waals surface area contributed by atoms with Gasteiger partial charge in [0.1, 0.15) is 11.6 Å². The van der Waals surface area contributed by atoms with Crippen molar-refractivity contribution in [2.45, 2.75) is 0 Å². The Hall–Kier alpha value is -2.14. The van der Waals surface area contributed by atoms with E-state index < -0.39 is 0 Å². The molecule has 4 nitrogen and oxygen atoms in total. The molecule has 0 bridgehead atoms. The number of aromatic nitrogens is 1. The Morgan fingerprint density at radius 1 is 1.09 bits per heavy atom. The Labute approximate surface area is 133 Å². The molecule has 3 rings (SSSR count). The molecule has 114 valence electrons. The van der Waals surface area contributed by atoms with Crippen LogP contribution in [0.3, 0.4) is 0 Å². The third-order valence-electron chi connectivity index (χ3n) is 3.58. The van der Waals surface area contributed by atoms with Gasteiger partial charge in [0.25, 0.3) is 0 Å². The molecule has 2 heterocycles. The van der Waals surface area contributed by atoms with Gasteiger partial charge in [-0.1, -0.05) is 23.7 Å². The van der Waals surface area contributed by atoms with E-state index in [2.05, 4.69) is 15.0 Å². The maximum absolute atomic E-state index is 13.7. The van der Waals surface area contributed by atoms with Crippen LogP contribution in [0, 0.1) is 5.82 Å². The smallest absolute Gasteiger partial charge is 0.133 e. The SMILES string of the molecule is Fc1cccc(Cl)c1C=NN1CCN(c2ccccn2)CC1. The van der Waals surface area contributed by atoms with Crippen molar-refractivity contribution >= 4 is 23.6 Å². The van der Waals surface area contributed by atoms with Gasteiger partial charge in [-0.15, -0.1) is 0 Å². The van der Waals surface area contributed by atoms with Crippen molar-refractivity contribution in [1.82, 2.24) is 9.99 Å². The van der Waals surface area contributed by atoms with Crippen LogP contribution < -0.4 is 4.90 Å². The van der Waals surface area contributed by atoms with Gasteiger partial charge in [-0.3, -0.25) is 5.01 Å². The third kappa shape index (κ3) is 3.36. The second-order valence-electron chi connectivity index (χ2n) is 5.01. The number of hydrazone groups is 1. The van der Waals surface area contributed by atoms with Crippen LogP contribution >= 0.6 is 11.6 Å². The standard InChI is InChI=1S/C16H16ClFN4/c17-14-4-3-5-15(18)13(14)12-20-22-10-8-21(9-11-22)16-6-1-2-7-19-16/h1-7,12H,8-11H2. The molecule has 0 radical (unpaired) electrons. The number of nitrogens with zero attached hydrogens (tertiary/aromatic N) is 4. The van der Waals surface area contributed by atoms with E-state index in [1.807, 2.05) is 23.2 Å². The molecule has 0 aliphatic carbocycles. The quantitative estimate of drug-likeness (QED) is 0.815. The molecule has 0 atom stereocenters. The normalized spacial score (nSPS) is 15.5. The van der Waals surface area contributed by atoms with Crippen LogP contribution in [-0.2, 0) is 0 Å². The fourth-order valence-corrected chi connectivity index (χ4v) is 2.57. The summed E-state index contributed by atoms with van der Waals surface area (Å²) in [7, 11) is 0. The first kappa shape index (κ1) is 14.8. The van der Waals surface area contributed by atoms with Gasteiger partial charge in [0.15, 0.2) is 0 Å². The maximum atomic E-state index is 13.7. The number of rotatable bonds is 3. The molecule has 2 aromatic rings. The lowest BCUT2D eigenvalue weighted by Gasteiger charge is -2.33. The molecule has 0 N–H and O–H groups in total. The zero-order chi connectivity index (χ0) is 15.4. The second-order valence-corrected chi connectivity index (χ2v) is 5.42. The van der Waals surface area contributed by atoms with Crippen molar-refractivity contribution in [3.63, 3.8) is 0 Å². The summed E-state index contributed by atoms with van der Waals surface area (Å²) in [6.07, 6.45) is 3.29. The van der Waals surface area contributed by atoms with Crippen LogP contribution in [-0.4, -0.2) is 42.4 Å². The highest BCUT2D eigenvalue weighted by molar-refractivity contribution is 6.33. The summed E-state index contributed by atoms with van der Waals surface area (Å²) in [6, 6.07) is 10.5. The number of piperazine rings is 1. The lowest BCUT2D eigenvalue weighted by molar-refractivity contribution is 0.271. The number of pyridine rings is 1. The Morgan fingerprint density at radius 3 is 2.59 bits per heavy atom. The van der Waals surface area contributed by atoms with Gasteiger partial charge in [-0.25, -0.2) is 9.37 Å². The predicted octanol–water partition coefficient (Wildman–Crippen LogP) is 3.03. The van der Waals surface area contributed by atoms with E-state index >= 15 is 0 Å². The lowest BCUT2D eigenvalue weighted by Crippen LogP contribution is -2.44. The summed E-state index contributed by atoms with van der Waals surface area (Å²) in [5, 5.41) is 6.63. The molecule has 1 fully saturated rings. The number of halogens is 2. The third-order valence-corrected chi connectivity index (χ3v) is 3.91. The first-order valence-electron chi connectivity index (χ1n) is 7.13. The highest BCUT2D eigenvalue weighted by atomic mass is 35.5. The Kier molecular flexibility index (Phi) is 4.53.